The summed E-state index contributed by atoms with van der Waals surface area (Å²) in [5.41, 5.74) is 0. The minimum absolute atomic E-state index is 0.101. The van der Waals surface area contributed by atoms with Gasteiger partial charge in [-0.15, -0.1) is 0 Å². The molecule has 0 aliphatic carbocycles. The lowest BCUT2D eigenvalue weighted by Crippen LogP contribution is -2.56. The van der Waals surface area contributed by atoms with Crippen LogP contribution < -0.4 is 5.84 Å². The van der Waals surface area contributed by atoms with Gasteiger partial charge in [0.15, 0.2) is 0 Å². The van der Waals surface area contributed by atoms with E-state index in [4.69, 9.17) is 11.1 Å². The van der Waals surface area contributed by atoms with Crippen LogP contribution in [-0.4, -0.2) is 72.2 Å². The topological polar surface area (TPSA) is 76.6 Å². The number of carbonyl (C=O) groups is 1. The van der Waals surface area contributed by atoms with Gasteiger partial charge in [0.1, 0.15) is 6.17 Å². The lowest BCUT2D eigenvalue weighted by molar-refractivity contribution is -0.130. The first kappa shape index (κ1) is 14.9. The number of nitriles is 1. The summed E-state index contributed by atoms with van der Waals surface area (Å²) in [5, 5.41) is 10.4. The standard InChI is InChI=1S/C13H20FN5O/c14-11-8-17(9-11)5-1-2-13(20)19-7-6-18(16)10-12(19)3-4-15/h1-2,11-12H,3,5-10,16H2/b2-1+/t12-/m0/s1. The summed E-state index contributed by atoms with van der Waals surface area (Å²) >= 11 is 0. The predicted molar refractivity (Wildman–Crippen MR) is 72.0 cm³/mol. The molecular formula is C13H20FN5O. The predicted octanol–water partition coefficient (Wildman–Crippen LogP) is -0.504. The maximum absolute atomic E-state index is 12.6. The number of nitrogens with zero attached hydrogens (tertiary/aromatic N) is 4. The van der Waals surface area contributed by atoms with E-state index in [1.54, 1.807) is 16.0 Å². The van der Waals surface area contributed by atoms with Gasteiger partial charge in [0.05, 0.1) is 18.5 Å². The number of carbonyl (C=O) groups excluding carboxylic acids is 1. The van der Waals surface area contributed by atoms with E-state index in [0.717, 1.165) is 0 Å². The largest absolute Gasteiger partial charge is 0.332 e. The fraction of sp³-hybridized carbons (Fsp3) is 0.692. The zero-order valence-corrected chi connectivity index (χ0v) is 11.4. The molecule has 2 fully saturated rings. The zero-order valence-electron chi connectivity index (χ0n) is 11.4. The van der Waals surface area contributed by atoms with Gasteiger partial charge in [0.25, 0.3) is 0 Å². The molecule has 0 bridgehead atoms. The molecule has 1 amide bonds. The van der Waals surface area contributed by atoms with Gasteiger partial charge in [0, 0.05) is 45.3 Å². The fourth-order valence-electron chi connectivity index (χ4n) is 2.50. The highest BCUT2D eigenvalue weighted by Gasteiger charge is 2.28. The highest BCUT2D eigenvalue weighted by Crippen LogP contribution is 2.12. The van der Waals surface area contributed by atoms with E-state index in [9.17, 15) is 9.18 Å². The zero-order chi connectivity index (χ0) is 14.5. The Bertz CT molecular complexity index is 415. The van der Waals surface area contributed by atoms with Crippen molar-refractivity contribution in [2.75, 3.05) is 39.3 Å². The summed E-state index contributed by atoms with van der Waals surface area (Å²) in [6.45, 7) is 3.14. The first-order valence-corrected chi connectivity index (χ1v) is 6.80. The molecule has 0 aromatic carbocycles. The van der Waals surface area contributed by atoms with E-state index >= 15 is 0 Å². The van der Waals surface area contributed by atoms with Gasteiger partial charge in [0.2, 0.25) is 5.91 Å². The van der Waals surface area contributed by atoms with Gasteiger partial charge in [-0.1, -0.05) is 6.08 Å². The molecule has 0 aromatic heterocycles. The second-order valence-corrected chi connectivity index (χ2v) is 5.26. The molecule has 20 heavy (non-hydrogen) atoms. The van der Waals surface area contributed by atoms with Crippen LogP contribution >= 0.6 is 0 Å². The van der Waals surface area contributed by atoms with E-state index in [0.29, 0.717) is 39.3 Å². The van der Waals surface area contributed by atoms with Crippen LogP contribution in [0.15, 0.2) is 12.2 Å². The second kappa shape index (κ2) is 6.79. The number of alkyl halides is 1. The quantitative estimate of drug-likeness (QED) is 0.555. The van der Waals surface area contributed by atoms with Crippen molar-refractivity contribution >= 4 is 5.91 Å². The molecule has 0 spiro atoms. The molecule has 7 heteroatoms. The van der Waals surface area contributed by atoms with Crippen molar-refractivity contribution < 1.29 is 9.18 Å². The minimum atomic E-state index is -0.725. The van der Waals surface area contributed by atoms with Crippen LogP contribution in [0, 0.1) is 11.3 Å². The minimum Gasteiger partial charge on any atom is -0.332 e. The third kappa shape index (κ3) is 3.76. The van der Waals surface area contributed by atoms with Gasteiger partial charge in [-0.25, -0.2) is 9.40 Å². The SMILES string of the molecule is N#CC[C@H]1CN(N)CCN1C(=O)/C=C/CN1CC(F)C1. The third-order valence-corrected chi connectivity index (χ3v) is 3.66. The second-order valence-electron chi connectivity index (χ2n) is 5.26. The van der Waals surface area contributed by atoms with Crippen LogP contribution in [0.3, 0.4) is 0 Å². The van der Waals surface area contributed by atoms with Crippen LogP contribution in [0.2, 0.25) is 0 Å². The van der Waals surface area contributed by atoms with E-state index in [-0.39, 0.29) is 18.4 Å². The molecule has 6 nitrogen and oxygen atoms in total. The Morgan fingerprint density at radius 3 is 2.80 bits per heavy atom. The van der Waals surface area contributed by atoms with Gasteiger partial charge in [-0.3, -0.25) is 15.5 Å². The Hall–Kier alpha value is -1.49. The van der Waals surface area contributed by atoms with Crippen LogP contribution in [0.4, 0.5) is 4.39 Å². The van der Waals surface area contributed by atoms with Crippen LogP contribution in [0.5, 0.6) is 0 Å². The van der Waals surface area contributed by atoms with Crippen molar-refractivity contribution in [3.05, 3.63) is 12.2 Å². The molecule has 2 aliphatic rings. The Balaban J connectivity index is 1.83. The number of amides is 1. The van der Waals surface area contributed by atoms with Crippen molar-refractivity contribution in [3.63, 3.8) is 0 Å². The Morgan fingerprint density at radius 1 is 1.40 bits per heavy atom. The summed E-state index contributed by atoms with van der Waals surface area (Å²) in [5.74, 6) is 5.62. The lowest BCUT2D eigenvalue weighted by Gasteiger charge is -2.38. The van der Waals surface area contributed by atoms with Crippen LogP contribution in [-0.2, 0) is 4.79 Å². The summed E-state index contributed by atoms with van der Waals surface area (Å²) in [4.78, 5) is 15.7. The number of halogens is 1. The highest BCUT2D eigenvalue weighted by atomic mass is 19.1. The van der Waals surface area contributed by atoms with Crippen LogP contribution in [0.1, 0.15) is 6.42 Å². The normalized spacial score (nSPS) is 25.6. The average molecular weight is 281 g/mol. The number of hydrogen-bond acceptors (Lipinski definition) is 5. The third-order valence-electron chi connectivity index (χ3n) is 3.66. The Labute approximate surface area is 118 Å². The van der Waals surface area contributed by atoms with Crippen molar-refractivity contribution in [2.45, 2.75) is 18.6 Å². The van der Waals surface area contributed by atoms with Gasteiger partial charge >= 0.3 is 0 Å². The van der Waals surface area contributed by atoms with Gasteiger partial charge < -0.3 is 4.90 Å². The number of likely N-dealkylation sites (tertiary alicyclic amines) is 1. The molecule has 0 aromatic rings. The highest BCUT2D eigenvalue weighted by molar-refractivity contribution is 5.88. The molecule has 2 N–H and O–H groups in total. The molecule has 2 saturated heterocycles. The number of nitrogens with two attached hydrogens (primary N) is 1. The van der Waals surface area contributed by atoms with Crippen LogP contribution in [0.25, 0.3) is 0 Å². The summed E-state index contributed by atoms with van der Waals surface area (Å²) < 4.78 is 12.6. The van der Waals surface area contributed by atoms with Crippen molar-refractivity contribution in [1.82, 2.24) is 14.8 Å². The maximum atomic E-state index is 12.6. The monoisotopic (exact) mass is 281 g/mol. The van der Waals surface area contributed by atoms with Crippen molar-refractivity contribution in [2.24, 2.45) is 5.84 Å². The van der Waals surface area contributed by atoms with E-state index < -0.39 is 6.17 Å². The smallest absolute Gasteiger partial charge is 0.246 e. The molecule has 2 rings (SSSR count). The average Bonchev–Trinajstić information content (AvgIpc) is 2.37. The van der Waals surface area contributed by atoms with Gasteiger partial charge in [-0.05, 0) is 0 Å². The first-order valence-electron chi connectivity index (χ1n) is 6.80. The lowest BCUT2D eigenvalue weighted by atomic mass is 10.1. The molecule has 2 aliphatic heterocycles. The number of rotatable bonds is 4. The fourth-order valence-corrected chi connectivity index (χ4v) is 2.50. The molecule has 0 radical (unpaired) electrons. The number of hydrazine groups is 1. The van der Waals surface area contributed by atoms with Crippen molar-refractivity contribution in [3.8, 4) is 6.07 Å². The molecule has 0 unspecified atom stereocenters. The molecule has 110 valence electrons. The van der Waals surface area contributed by atoms with E-state index in [2.05, 4.69) is 6.07 Å². The van der Waals surface area contributed by atoms with Gasteiger partial charge in [-0.2, -0.15) is 5.26 Å². The van der Waals surface area contributed by atoms with E-state index in [1.165, 1.54) is 6.08 Å². The molecular weight excluding hydrogens is 261 g/mol. The molecule has 0 saturated carbocycles. The molecule has 2 heterocycles. The van der Waals surface area contributed by atoms with Crippen molar-refractivity contribution in [1.29, 1.82) is 5.26 Å². The van der Waals surface area contributed by atoms with E-state index in [1.807, 2.05) is 4.90 Å². The summed E-state index contributed by atoms with van der Waals surface area (Å²) in [7, 11) is 0. The summed E-state index contributed by atoms with van der Waals surface area (Å²) in [6.07, 6.45) is 2.83. The Morgan fingerprint density at radius 2 is 2.15 bits per heavy atom. The number of hydrogen-bond donors (Lipinski definition) is 1. The number of piperazine rings is 1. The maximum Gasteiger partial charge on any atom is 0.246 e. The summed E-state index contributed by atoms with van der Waals surface area (Å²) in [6, 6.07) is 1.93. The first-order chi connectivity index (χ1) is 9.60. The Kier molecular flexibility index (Phi) is 5.06. The molecule has 1 atom stereocenters.